The Bertz CT molecular complexity index is 428. The summed E-state index contributed by atoms with van der Waals surface area (Å²) in [5.41, 5.74) is 7.81. The largest absolute Gasteiger partial charge is 0.493 e. The molecule has 1 aliphatic carbocycles. The molecule has 0 bridgehead atoms. The lowest BCUT2D eigenvalue weighted by Gasteiger charge is -2.11. The molecular formula is C14H20N2O2. The van der Waals surface area contributed by atoms with Crippen molar-refractivity contribution in [3.05, 3.63) is 29.3 Å². The highest BCUT2D eigenvalue weighted by Gasteiger charge is 2.22. The van der Waals surface area contributed by atoms with E-state index in [9.17, 15) is 4.79 Å². The standard InChI is InChI=1S/C14H20N2O2/c1-10-2-5-13(11(8-10)9-15)18-7-6-14(17)16-12-3-4-12/h2,5,8,12H,3-4,6-7,9,15H2,1H3,(H,16,17). The Morgan fingerprint density at radius 1 is 1.50 bits per heavy atom. The zero-order valence-corrected chi connectivity index (χ0v) is 10.7. The van der Waals surface area contributed by atoms with Gasteiger partial charge in [-0.05, 0) is 25.8 Å². The number of carbonyl (C=O) groups excluding carboxylic acids is 1. The van der Waals surface area contributed by atoms with Gasteiger partial charge in [0, 0.05) is 18.2 Å². The fourth-order valence-electron chi connectivity index (χ4n) is 1.79. The minimum Gasteiger partial charge on any atom is -0.493 e. The summed E-state index contributed by atoms with van der Waals surface area (Å²) in [6.45, 7) is 2.87. The average Bonchev–Trinajstić information content (AvgIpc) is 3.14. The summed E-state index contributed by atoms with van der Waals surface area (Å²) in [6, 6.07) is 6.32. The molecule has 1 saturated carbocycles. The summed E-state index contributed by atoms with van der Waals surface area (Å²) in [5.74, 6) is 0.848. The molecule has 4 heteroatoms. The van der Waals surface area contributed by atoms with Gasteiger partial charge in [0.2, 0.25) is 5.91 Å². The van der Waals surface area contributed by atoms with Gasteiger partial charge in [0.1, 0.15) is 5.75 Å². The minimum atomic E-state index is 0.0684. The van der Waals surface area contributed by atoms with Crippen molar-refractivity contribution < 1.29 is 9.53 Å². The second kappa shape index (κ2) is 5.87. The van der Waals surface area contributed by atoms with Crippen LogP contribution in [0.1, 0.15) is 30.4 Å². The van der Waals surface area contributed by atoms with E-state index in [0.717, 1.165) is 29.7 Å². The van der Waals surface area contributed by atoms with E-state index in [1.165, 1.54) is 0 Å². The van der Waals surface area contributed by atoms with Crippen molar-refractivity contribution >= 4 is 5.91 Å². The number of hydrogen-bond acceptors (Lipinski definition) is 3. The Hall–Kier alpha value is -1.55. The zero-order valence-electron chi connectivity index (χ0n) is 10.7. The molecule has 1 aromatic rings. The number of aryl methyl sites for hydroxylation is 1. The predicted molar refractivity (Wildman–Crippen MR) is 70.3 cm³/mol. The number of nitrogens with one attached hydrogen (secondary N) is 1. The van der Waals surface area contributed by atoms with Gasteiger partial charge in [-0.3, -0.25) is 4.79 Å². The molecule has 1 aliphatic rings. The topological polar surface area (TPSA) is 64.3 Å². The number of ether oxygens (including phenoxy) is 1. The van der Waals surface area contributed by atoms with Crippen LogP contribution in [0.15, 0.2) is 18.2 Å². The predicted octanol–water partition coefficient (Wildman–Crippen LogP) is 1.50. The number of carbonyl (C=O) groups is 1. The van der Waals surface area contributed by atoms with E-state index in [0.29, 0.717) is 25.6 Å². The van der Waals surface area contributed by atoms with Crippen molar-refractivity contribution in [1.82, 2.24) is 5.32 Å². The van der Waals surface area contributed by atoms with Gasteiger partial charge in [0.15, 0.2) is 0 Å². The first-order valence-corrected chi connectivity index (χ1v) is 6.41. The number of nitrogens with two attached hydrogens (primary N) is 1. The van der Waals surface area contributed by atoms with Crippen LogP contribution in [0.3, 0.4) is 0 Å². The van der Waals surface area contributed by atoms with Crippen molar-refractivity contribution in [3.8, 4) is 5.75 Å². The third-order valence-corrected chi connectivity index (χ3v) is 2.97. The highest BCUT2D eigenvalue weighted by molar-refractivity contribution is 5.76. The fourth-order valence-corrected chi connectivity index (χ4v) is 1.79. The Morgan fingerprint density at radius 2 is 2.28 bits per heavy atom. The van der Waals surface area contributed by atoms with E-state index in [1.807, 2.05) is 25.1 Å². The van der Waals surface area contributed by atoms with Gasteiger partial charge in [-0.15, -0.1) is 0 Å². The van der Waals surface area contributed by atoms with Gasteiger partial charge in [0.05, 0.1) is 13.0 Å². The first kappa shape index (κ1) is 12.9. The van der Waals surface area contributed by atoms with Gasteiger partial charge >= 0.3 is 0 Å². The number of rotatable bonds is 6. The highest BCUT2D eigenvalue weighted by Crippen LogP contribution is 2.20. The maximum Gasteiger partial charge on any atom is 0.223 e. The number of amides is 1. The van der Waals surface area contributed by atoms with E-state index < -0.39 is 0 Å². The van der Waals surface area contributed by atoms with Gasteiger partial charge < -0.3 is 15.8 Å². The fraction of sp³-hybridized carbons (Fsp3) is 0.500. The van der Waals surface area contributed by atoms with E-state index in [4.69, 9.17) is 10.5 Å². The van der Waals surface area contributed by atoms with Crippen molar-refractivity contribution in [3.63, 3.8) is 0 Å². The third kappa shape index (κ3) is 3.74. The first-order valence-electron chi connectivity index (χ1n) is 6.41. The van der Waals surface area contributed by atoms with E-state index >= 15 is 0 Å². The van der Waals surface area contributed by atoms with Crippen LogP contribution in [0.2, 0.25) is 0 Å². The molecule has 0 spiro atoms. The Kier molecular flexibility index (Phi) is 4.20. The minimum absolute atomic E-state index is 0.0684. The summed E-state index contributed by atoms with van der Waals surface area (Å²) in [4.78, 5) is 11.5. The maximum absolute atomic E-state index is 11.5. The van der Waals surface area contributed by atoms with Crippen LogP contribution in [0, 0.1) is 6.92 Å². The molecule has 0 saturated heterocycles. The summed E-state index contributed by atoms with van der Waals surface area (Å²) >= 11 is 0. The number of benzene rings is 1. The molecule has 3 N–H and O–H groups in total. The van der Waals surface area contributed by atoms with E-state index in [1.54, 1.807) is 0 Å². The van der Waals surface area contributed by atoms with Gasteiger partial charge in [-0.2, -0.15) is 0 Å². The van der Waals surface area contributed by atoms with Crippen LogP contribution in [-0.4, -0.2) is 18.6 Å². The molecule has 1 amide bonds. The molecule has 18 heavy (non-hydrogen) atoms. The van der Waals surface area contributed by atoms with Crippen LogP contribution >= 0.6 is 0 Å². The molecule has 1 fully saturated rings. The van der Waals surface area contributed by atoms with Gasteiger partial charge in [0.25, 0.3) is 0 Å². The first-order chi connectivity index (χ1) is 8.69. The van der Waals surface area contributed by atoms with Gasteiger partial charge in [-0.1, -0.05) is 17.7 Å². The molecule has 0 aliphatic heterocycles. The third-order valence-electron chi connectivity index (χ3n) is 2.97. The molecule has 0 radical (unpaired) electrons. The molecular weight excluding hydrogens is 228 g/mol. The van der Waals surface area contributed by atoms with Crippen LogP contribution in [-0.2, 0) is 11.3 Å². The Labute approximate surface area is 108 Å². The van der Waals surface area contributed by atoms with Crippen molar-refractivity contribution in [2.45, 2.75) is 38.8 Å². The molecule has 4 nitrogen and oxygen atoms in total. The number of hydrogen-bond donors (Lipinski definition) is 2. The van der Waals surface area contributed by atoms with Gasteiger partial charge in [-0.25, -0.2) is 0 Å². The highest BCUT2D eigenvalue weighted by atomic mass is 16.5. The normalized spacial score (nSPS) is 14.3. The van der Waals surface area contributed by atoms with Crippen LogP contribution in [0.4, 0.5) is 0 Å². The maximum atomic E-state index is 11.5. The summed E-state index contributed by atoms with van der Waals surface area (Å²) < 4.78 is 5.61. The Balaban J connectivity index is 1.79. The molecule has 0 heterocycles. The smallest absolute Gasteiger partial charge is 0.223 e. The zero-order chi connectivity index (χ0) is 13.0. The molecule has 1 aromatic carbocycles. The molecule has 98 valence electrons. The second-order valence-corrected chi connectivity index (χ2v) is 4.76. The summed E-state index contributed by atoms with van der Waals surface area (Å²) in [5, 5.41) is 2.93. The average molecular weight is 248 g/mol. The molecule has 2 rings (SSSR count). The molecule has 0 atom stereocenters. The second-order valence-electron chi connectivity index (χ2n) is 4.76. The lowest BCUT2D eigenvalue weighted by atomic mass is 10.1. The van der Waals surface area contributed by atoms with Crippen LogP contribution in [0.25, 0.3) is 0 Å². The lowest BCUT2D eigenvalue weighted by molar-refractivity contribution is -0.121. The van der Waals surface area contributed by atoms with E-state index in [2.05, 4.69) is 5.32 Å². The van der Waals surface area contributed by atoms with Crippen molar-refractivity contribution in [1.29, 1.82) is 0 Å². The summed E-state index contributed by atoms with van der Waals surface area (Å²) in [6.07, 6.45) is 2.62. The molecule has 0 aromatic heterocycles. The lowest BCUT2D eigenvalue weighted by Crippen LogP contribution is -2.26. The quantitative estimate of drug-likeness (QED) is 0.802. The van der Waals surface area contributed by atoms with Crippen molar-refractivity contribution in [2.75, 3.05) is 6.61 Å². The monoisotopic (exact) mass is 248 g/mol. The van der Waals surface area contributed by atoms with Crippen LogP contribution < -0.4 is 15.8 Å². The van der Waals surface area contributed by atoms with Crippen LogP contribution in [0.5, 0.6) is 5.75 Å². The van der Waals surface area contributed by atoms with E-state index in [-0.39, 0.29) is 5.91 Å². The molecule has 0 unspecified atom stereocenters. The Morgan fingerprint density at radius 3 is 2.94 bits per heavy atom. The SMILES string of the molecule is Cc1ccc(OCCC(=O)NC2CC2)c(CN)c1. The summed E-state index contributed by atoms with van der Waals surface area (Å²) in [7, 11) is 0. The van der Waals surface area contributed by atoms with Crippen molar-refractivity contribution in [2.24, 2.45) is 5.73 Å².